The first-order chi connectivity index (χ1) is 13.8. The molecule has 2 aliphatic carbocycles. The van der Waals surface area contributed by atoms with E-state index in [0.29, 0.717) is 31.5 Å². The predicted molar refractivity (Wildman–Crippen MR) is 108 cm³/mol. The van der Waals surface area contributed by atoms with Crippen molar-refractivity contribution >= 4 is 11.9 Å². The second kappa shape index (κ2) is 7.40. The molecule has 3 fully saturated rings. The molecule has 1 aromatic carbocycles. The molecule has 0 radical (unpaired) electrons. The summed E-state index contributed by atoms with van der Waals surface area (Å²) < 4.78 is 11.3. The van der Waals surface area contributed by atoms with E-state index in [-0.39, 0.29) is 34.4 Å². The van der Waals surface area contributed by atoms with Crippen LogP contribution in [0.25, 0.3) is 0 Å². The minimum absolute atomic E-state index is 0.0330. The van der Waals surface area contributed by atoms with Crippen LogP contribution >= 0.6 is 0 Å². The molecule has 1 saturated heterocycles. The van der Waals surface area contributed by atoms with Crippen molar-refractivity contribution < 1.29 is 24.2 Å². The lowest BCUT2D eigenvalue weighted by Crippen LogP contribution is -2.59. The van der Waals surface area contributed by atoms with E-state index in [4.69, 9.17) is 9.47 Å². The second-order valence-corrected chi connectivity index (χ2v) is 9.51. The molecule has 2 N–H and O–H groups in total. The van der Waals surface area contributed by atoms with Gasteiger partial charge in [-0.15, -0.1) is 0 Å². The van der Waals surface area contributed by atoms with Crippen molar-refractivity contribution in [3.63, 3.8) is 0 Å². The zero-order valence-electron chi connectivity index (χ0n) is 17.4. The van der Waals surface area contributed by atoms with Crippen LogP contribution in [-0.2, 0) is 14.3 Å². The Morgan fingerprint density at radius 3 is 2.66 bits per heavy atom. The van der Waals surface area contributed by atoms with E-state index in [1.165, 1.54) is 0 Å². The highest BCUT2D eigenvalue weighted by Gasteiger charge is 2.68. The van der Waals surface area contributed by atoms with Crippen molar-refractivity contribution in [2.24, 2.45) is 22.7 Å². The molecule has 4 rings (SSSR count). The second-order valence-electron chi connectivity index (χ2n) is 9.51. The average Bonchev–Trinajstić information content (AvgIpc) is 3.19. The molecule has 6 nitrogen and oxygen atoms in total. The molecule has 1 aromatic rings. The molecule has 5 atom stereocenters. The standard InChI is InChI=1S/C23H31NO5/c1-22(2)16-12-17-19(14-4-6-15(7-5-14)20(26)27)29-11-9-23(17,13-16)21(22)24-18(25)8-10-28-3/h4-7,16-17,19,21H,8-13H2,1-3H3,(H,24,25)(H,26,27)/t16-,17-,19-,21+,23-/m1/s1. The van der Waals surface area contributed by atoms with Gasteiger partial charge in [-0.05, 0) is 59.6 Å². The zero-order valence-corrected chi connectivity index (χ0v) is 17.4. The number of carbonyl (C=O) groups excluding carboxylic acids is 1. The number of carboxylic acids is 1. The summed E-state index contributed by atoms with van der Waals surface area (Å²) in [6, 6.07) is 7.20. The molecular weight excluding hydrogens is 370 g/mol. The summed E-state index contributed by atoms with van der Waals surface area (Å²) in [7, 11) is 1.61. The summed E-state index contributed by atoms with van der Waals surface area (Å²) in [4.78, 5) is 23.8. The number of amides is 1. The molecule has 29 heavy (non-hydrogen) atoms. The number of ether oxygens (including phenoxy) is 2. The van der Waals surface area contributed by atoms with Gasteiger partial charge in [-0.2, -0.15) is 0 Å². The smallest absolute Gasteiger partial charge is 0.335 e. The molecule has 2 saturated carbocycles. The molecule has 158 valence electrons. The average molecular weight is 402 g/mol. The topological polar surface area (TPSA) is 84.9 Å². The molecule has 1 heterocycles. The van der Waals surface area contributed by atoms with E-state index >= 15 is 0 Å². The van der Waals surface area contributed by atoms with E-state index in [0.717, 1.165) is 24.8 Å². The number of hydrogen-bond acceptors (Lipinski definition) is 4. The molecule has 1 amide bonds. The maximum absolute atomic E-state index is 12.6. The molecule has 6 heteroatoms. The number of benzene rings is 1. The normalized spacial score (nSPS) is 34.6. The third kappa shape index (κ3) is 3.26. The number of aromatic carboxylic acids is 1. The Labute approximate surface area is 172 Å². The molecule has 2 bridgehead atoms. The Morgan fingerprint density at radius 2 is 2.00 bits per heavy atom. The van der Waals surface area contributed by atoms with Crippen molar-refractivity contribution in [1.29, 1.82) is 0 Å². The van der Waals surface area contributed by atoms with Gasteiger partial charge in [0.25, 0.3) is 0 Å². The highest BCUT2D eigenvalue weighted by atomic mass is 16.5. The van der Waals surface area contributed by atoms with Crippen molar-refractivity contribution in [1.82, 2.24) is 5.32 Å². The lowest BCUT2D eigenvalue weighted by atomic mass is 9.59. The lowest BCUT2D eigenvalue weighted by molar-refractivity contribution is -0.137. The quantitative estimate of drug-likeness (QED) is 0.763. The summed E-state index contributed by atoms with van der Waals surface area (Å²) >= 11 is 0. The summed E-state index contributed by atoms with van der Waals surface area (Å²) in [6.07, 6.45) is 3.49. The van der Waals surface area contributed by atoms with Gasteiger partial charge in [0.1, 0.15) is 0 Å². The first kappa shape index (κ1) is 20.4. The molecule has 0 unspecified atom stereocenters. The van der Waals surface area contributed by atoms with E-state index in [9.17, 15) is 14.7 Å². The van der Waals surface area contributed by atoms with Gasteiger partial charge in [-0.1, -0.05) is 26.0 Å². The van der Waals surface area contributed by atoms with Crippen molar-refractivity contribution in [2.75, 3.05) is 20.3 Å². The third-order valence-corrected chi connectivity index (χ3v) is 7.83. The zero-order chi connectivity index (χ0) is 20.8. The van der Waals surface area contributed by atoms with Gasteiger partial charge in [-0.3, -0.25) is 4.79 Å². The molecule has 1 aliphatic heterocycles. The Morgan fingerprint density at radius 1 is 1.28 bits per heavy atom. The van der Waals surface area contributed by atoms with Gasteiger partial charge in [0.05, 0.1) is 18.3 Å². The van der Waals surface area contributed by atoms with Crippen LogP contribution in [0.5, 0.6) is 0 Å². The molecule has 0 aromatic heterocycles. The fraction of sp³-hybridized carbons (Fsp3) is 0.652. The Kier molecular flexibility index (Phi) is 5.20. The minimum atomic E-state index is -0.918. The number of hydrogen-bond donors (Lipinski definition) is 2. The van der Waals surface area contributed by atoms with Gasteiger partial charge in [0.2, 0.25) is 5.91 Å². The van der Waals surface area contributed by atoms with Crippen molar-refractivity contribution in [3.05, 3.63) is 35.4 Å². The van der Waals surface area contributed by atoms with E-state index < -0.39 is 5.97 Å². The van der Waals surface area contributed by atoms with Crippen LogP contribution in [0.3, 0.4) is 0 Å². The SMILES string of the molecule is COCCC(=O)N[C@H]1C(C)(C)[C@@H]2C[C@@H]3[C@@H](c4ccc(C(=O)O)cc4)OCC[C@@]31C2. The van der Waals surface area contributed by atoms with Gasteiger partial charge in [-0.25, -0.2) is 4.79 Å². The van der Waals surface area contributed by atoms with Crippen LogP contribution in [0.1, 0.15) is 61.6 Å². The maximum atomic E-state index is 12.6. The lowest BCUT2D eigenvalue weighted by Gasteiger charge is -2.53. The highest BCUT2D eigenvalue weighted by Crippen LogP contribution is 2.70. The van der Waals surface area contributed by atoms with E-state index in [1.807, 2.05) is 12.1 Å². The first-order valence-electron chi connectivity index (χ1n) is 10.5. The maximum Gasteiger partial charge on any atom is 0.335 e. The third-order valence-electron chi connectivity index (χ3n) is 7.83. The fourth-order valence-corrected chi connectivity index (χ4v) is 6.36. The van der Waals surface area contributed by atoms with Crippen molar-refractivity contribution in [2.45, 2.75) is 51.7 Å². The Hall–Kier alpha value is -1.92. The van der Waals surface area contributed by atoms with Crippen LogP contribution in [-0.4, -0.2) is 43.3 Å². The summed E-state index contributed by atoms with van der Waals surface area (Å²) in [5, 5.41) is 12.5. The van der Waals surface area contributed by atoms with Crippen LogP contribution in [0.4, 0.5) is 0 Å². The fourth-order valence-electron chi connectivity index (χ4n) is 6.36. The summed E-state index contributed by atoms with van der Waals surface area (Å²) in [5.41, 5.74) is 1.41. The van der Waals surface area contributed by atoms with Crippen LogP contribution < -0.4 is 5.32 Å². The largest absolute Gasteiger partial charge is 0.478 e. The van der Waals surface area contributed by atoms with Gasteiger partial charge in [0.15, 0.2) is 0 Å². The molecular formula is C23H31NO5. The Bertz CT molecular complexity index is 789. The highest BCUT2D eigenvalue weighted by molar-refractivity contribution is 5.87. The number of carbonyl (C=O) groups is 2. The van der Waals surface area contributed by atoms with Gasteiger partial charge < -0.3 is 19.9 Å². The number of fused-ring (bicyclic) bond motifs is 1. The van der Waals surface area contributed by atoms with Crippen LogP contribution in [0.15, 0.2) is 24.3 Å². The van der Waals surface area contributed by atoms with E-state index in [2.05, 4.69) is 19.2 Å². The van der Waals surface area contributed by atoms with Crippen LogP contribution in [0, 0.1) is 22.7 Å². The number of methoxy groups -OCH3 is 1. The van der Waals surface area contributed by atoms with Gasteiger partial charge in [0, 0.05) is 26.2 Å². The van der Waals surface area contributed by atoms with E-state index in [1.54, 1.807) is 19.2 Å². The first-order valence-corrected chi connectivity index (χ1v) is 10.5. The predicted octanol–water partition coefficient (Wildman–Crippen LogP) is 3.42. The monoisotopic (exact) mass is 401 g/mol. The molecule has 1 spiro atoms. The van der Waals surface area contributed by atoms with Crippen molar-refractivity contribution in [3.8, 4) is 0 Å². The summed E-state index contributed by atoms with van der Waals surface area (Å²) in [6.45, 7) is 5.67. The summed E-state index contributed by atoms with van der Waals surface area (Å²) in [5.74, 6) is 0.0120. The number of carboxylic acid groups (broad SMARTS) is 1. The van der Waals surface area contributed by atoms with Crippen LogP contribution in [0.2, 0.25) is 0 Å². The number of rotatable bonds is 6. The van der Waals surface area contributed by atoms with Gasteiger partial charge >= 0.3 is 5.97 Å². The Balaban J connectivity index is 1.61. The number of nitrogens with one attached hydrogen (secondary N) is 1. The minimum Gasteiger partial charge on any atom is -0.478 e. The molecule has 3 aliphatic rings.